The predicted molar refractivity (Wildman–Crippen MR) is 107 cm³/mol. The molecule has 0 aliphatic heterocycles. The van der Waals surface area contributed by atoms with Crippen LogP contribution in [0.5, 0.6) is 0 Å². The Morgan fingerprint density at radius 2 is 2.00 bits per heavy atom. The number of carbonyl (C=O) groups excluding carboxylic acids is 1. The van der Waals surface area contributed by atoms with Gasteiger partial charge in [-0.25, -0.2) is 8.42 Å². The molecule has 0 bridgehead atoms. The molecular weight excluding hydrogens is 388 g/mol. The molecule has 8 heteroatoms. The molecule has 2 aromatic carbocycles. The first kappa shape index (κ1) is 21.0. The van der Waals surface area contributed by atoms with E-state index in [2.05, 4.69) is 11.9 Å². The van der Waals surface area contributed by atoms with Gasteiger partial charge in [-0.2, -0.15) is 0 Å². The monoisotopic (exact) mass is 408 g/mol. The highest BCUT2D eigenvalue weighted by atomic mass is 35.5. The highest BCUT2D eigenvalue weighted by molar-refractivity contribution is 7.92. The number of anilines is 1. The van der Waals surface area contributed by atoms with Crippen LogP contribution in [-0.4, -0.2) is 38.6 Å². The molecule has 0 fully saturated rings. The molecule has 2 N–H and O–H groups in total. The van der Waals surface area contributed by atoms with Gasteiger partial charge in [-0.05, 0) is 37.3 Å². The molecule has 27 heavy (non-hydrogen) atoms. The lowest BCUT2D eigenvalue weighted by molar-refractivity contribution is 0.0922. The highest BCUT2D eigenvalue weighted by Gasteiger charge is 2.26. The molecule has 1 unspecified atom stereocenters. The molecule has 0 saturated carbocycles. The van der Waals surface area contributed by atoms with Crippen molar-refractivity contribution in [1.82, 2.24) is 5.32 Å². The smallest absolute Gasteiger partial charge is 0.264 e. The average molecular weight is 409 g/mol. The highest BCUT2D eigenvalue weighted by Crippen LogP contribution is 2.30. The van der Waals surface area contributed by atoms with Crippen LogP contribution >= 0.6 is 11.6 Å². The number of sulfonamides is 1. The van der Waals surface area contributed by atoms with E-state index in [0.717, 1.165) is 4.31 Å². The van der Waals surface area contributed by atoms with Crippen molar-refractivity contribution in [3.8, 4) is 0 Å². The number of amides is 1. The summed E-state index contributed by atoms with van der Waals surface area (Å²) >= 11 is 6.18. The second-order valence-corrected chi connectivity index (χ2v) is 8.13. The largest absolute Gasteiger partial charge is 0.394 e. The second kappa shape index (κ2) is 9.03. The maximum Gasteiger partial charge on any atom is 0.264 e. The molecular formula is C19H21ClN2O4S. The first-order valence-electron chi connectivity index (χ1n) is 8.21. The SMILES string of the molecule is C=CCN(c1ccccc1Cl)S(=O)(=O)c1cccc(C(=O)NC(C)CO)c1. The van der Waals surface area contributed by atoms with Crippen LogP contribution in [0.4, 0.5) is 5.69 Å². The number of aliphatic hydroxyl groups is 1. The number of para-hydroxylation sites is 1. The van der Waals surface area contributed by atoms with Crippen LogP contribution in [0.2, 0.25) is 5.02 Å². The Labute approximate surface area is 164 Å². The van der Waals surface area contributed by atoms with Crippen molar-refractivity contribution in [3.05, 3.63) is 71.8 Å². The van der Waals surface area contributed by atoms with E-state index in [-0.39, 0.29) is 28.6 Å². The van der Waals surface area contributed by atoms with Gasteiger partial charge < -0.3 is 10.4 Å². The number of aliphatic hydroxyl groups excluding tert-OH is 1. The maximum absolute atomic E-state index is 13.2. The average Bonchev–Trinajstić information content (AvgIpc) is 2.66. The third-order valence-corrected chi connectivity index (χ3v) is 5.85. The number of halogens is 1. The van der Waals surface area contributed by atoms with E-state index in [1.54, 1.807) is 31.2 Å². The summed E-state index contributed by atoms with van der Waals surface area (Å²) in [5.74, 6) is -0.471. The van der Waals surface area contributed by atoms with Crippen LogP contribution in [0.1, 0.15) is 17.3 Å². The van der Waals surface area contributed by atoms with Gasteiger partial charge in [-0.3, -0.25) is 9.10 Å². The molecule has 0 saturated heterocycles. The normalized spacial score (nSPS) is 12.3. The van der Waals surface area contributed by atoms with Gasteiger partial charge in [0.15, 0.2) is 0 Å². The maximum atomic E-state index is 13.2. The molecule has 0 aromatic heterocycles. The fourth-order valence-corrected chi connectivity index (χ4v) is 4.16. The lowest BCUT2D eigenvalue weighted by Crippen LogP contribution is -2.35. The molecule has 2 rings (SSSR count). The van der Waals surface area contributed by atoms with Crippen molar-refractivity contribution in [2.45, 2.75) is 17.9 Å². The van der Waals surface area contributed by atoms with Gasteiger partial charge in [-0.1, -0.05) is 35.9 Å². The minimum Gasteiger partial charge on any atom is -0.394 e. The van der Waals surface area contributed by atoms with Crippen LogP contribution in [0.25, 0.3) is 0 Å². The van der Waals surface area contributed by atoms with Crippen LogP contribution in [0.3, 0.4) is 0 Å². The standard InChI is InChI=1S/C19H21ClN2O4S/c1-3-11-22(18-10-5-4-9-17(18)20)27(25,26)16-8-6-7-15(12-16)19(24)21-14(2)13-23/h3-10,12,14,23H,1,11,13H2,2H3,(H,21,24). The van der Waals surface area contributed by atoms with E-state index in [4.69, 9.17) is 16.7 Å². The lowest BCUT2D eigenvalue weighted by Gasteiger charge is -2.24. The quantitative estimate of drug-likeness (QED) is 0.657. The number of hydrogen-bond acceptors (Lipinski definition) is 4. The van der Waals surface area contributed by atoms with E-state index in [0.29, 0.717) is 5.69 Å². The minimum absolute atomic E-state index is 0.0179. The number of nitrogens with zero attached hydrogens (tertiary/aromatic N) is 1. The molecule has 2 aromatic rings. The summed E-state index contributed by atoms with van der Waals surface area (Å²) in [7, 11) is -3.98. The third kappa shape index (κ3) is 4.88. The van der Waals surface area contributed by atoms with E-state index >= 15 is 0 Å². The number of nitrogens with one attached hydrogen (secondary N) is 1. The van der Waals surface area contributed by atoms with E-state index < -0.39 is 22.0 Å². The number of carbonyl (C=O) groups is 1. The Kier molecular flexibility index (Phi) is 7.01. The van der Waals surface area contributed by atoms with E-state index in [1.807, 2.05) is 0 Å². The first-order chi connectivity index (χ1) is 12.8. The second-order valence-electron chi connectivity index (χ2n) is 5.86. The van der Waals surface area contributed by atoms with Crippen molar-refractivity contribution in [2.24, 2.45) is 0 Å². The lowest BCUT2D eigenvalue weighted by atomic mass is 10.2. The Hall–Kier alpha value is -2.35. The van der Waals surface area contributed by atoms with E-state index in [9.17, 15) is 13.2 Å². The van der Waals surface area contributed by atoms with Crippen molar-refractivity contribution >= 4 is 33.2 Å². The number of rotatable bonds is 8. The Balaban J connectivity index is 2.45. The Morgan fingerprint density at radius 3 is 2.63 bits per heavy atom. The van der Waals surface area contributed by atoms with Crippen molar-refractivity contribution in [3.63, 3.8) is 0 Å². The zero-order chi connectivity index (χ0) is 20.0. The van der Waals surface area contributed by atoms with Gasteiger partial charge >= 0.3 is 0 Å². The molecule has 0 aliphatic rings. The fourth-order valence-electron chi connectivity index (χ4n) is 2.37. The zero-order valence-corrected chi connectivity index (χ0v) is 16.4. The third-order valence-electron chi connectivity index (χ3n) is 3.75. The van der Waals surface area contributed by atoms with Crippen molar-refractivity contribution < 1.29 is 18.3 Å². The first-order valence-corrected chi connectivity index (χ1v) is 10.0. The topological polar surface area (TPSA) is 86.7 Å². The van der Waals surface area contributed by atoms with Gasteiger partial charge in [0, 0.05) is 11.6 Å². The molecule has 1 amide bonds. The molecule has 1 atom stereocenters. The van der Waals surface area contributed by atoms with Crippen molar-refractivity contribution in [1.29, 1.82) is 0 Å². The summed E-state index contributed by atoms with van der Waals surface area (Å²) < 4.78 is 27.5. The van der Waals surface area contributed by atoms with E-state index in [1.165, 1.54) is 30.3 Å². The van der Waals surface area contributed by atoms with Crippen LogP contribution in [0, 0.1) is 0 Å². The summed E-state index contributed by atoms with van der Waals surface area (Å²) in [5.41, 5.74) is 0.497. The van der Waals surface area contributed by atoms with Gasteiger partial charge in [-0.15, -0.1) is 6.58 Å². The molecule has 0 aliphatic carbocycles. The Morgan fingerprint density at radius 1 is 1.30 bits per heavy atom. The van der Waals surface area contributed by atoms with Crippen LogP contribution < -0.4 is 9.62 Å². The molecule has 0 spiro atoms. The summed E-state index contributed by atoms with van der Waals surface area (Å²) in [5, 5.41) is 11.9. The summed E-state index contributed by atoms with van der Waals surface area (Å²) in [4.78, 5) is 12.2. The summed E-state index contributed by atoms with van der Waals surface area (Å²) in [6.07, 6.45) is 1.46. The van der Waals surface area contributed by atoms with Crippen molar-refractivity contribution in [2.75, 3.05) is 17.5 Å². The molecule has 6 nitrogen and oxygen atoms in total. The molecule has 0 radical (unpaired) electrons. The van der Waals surface area contributed by atoms with Gasteiger partial charge in [0.05, 0.1) is 28.8 Å². The van der Waals surface area contributed by atoms with Crippen LogP contribution in [0.15, 0.2) is 66.1 Å². The fraction of sp³-hybridized carbons (Fsp3) is 0.211. The summed E-state index contributed by atoms with van der Waals surface area (Å²) in [6.45, 7) is 5.05. The number of benzene rings is 2. The molecule has 144 valence electrons. The zero-order valence-electron chi connectivity index (χ0n) is 14.8. The number of hydrogen-bond donors (Lipinski definition) is 2. The Bertz CT molecular complexity index is 931. The minimum atomic E-state index is -3.98. The van der Waals surface area contributed by atoms with Gasteiger partial charge in [0.2, 0.25) is 0 Å². The molecule has 0 heterocycles. The van der Waals surface area contributed by atoms with Gasteiger partial charge in [0.1, 0.15) is 0 Å². The summed E-state index contributed by atoms with van der Waals surface area (Å²) in [6, 6.07) is 11.8. The van der Waals surface area contributed by atoms with Crippen LogP contribution in [-0.2, 0) is 10.0 Å². The predicted octanol–water partition coefficient (Wildman–Crippen LogP) is 2.83. The van der Waals surface area contributed by atoms with Gasteiger partial charge in [0.25, 0.3) is 15.9 Å².